The fraction of sp³-hybridized carbons (Fsp3) is 0.364. The van der Waals surface area contributed by atoms with Gasteiger partial charge in [-0.25, -0.2) is 24.9 Å². The molecule has 466 valence electrons. The average Bonchev–Trinajstić information content (AvgIpc) is 1.78. The van der Waals surface area contributed by atoms with Crippen LogP contribution in [0.5, 0.6) is 0 Å². The van der Waals surface area contributed by atoms with E-state index in [0.717, 1.165) is 71.7 Å². The molecule has 5 N–H and O–H groups in total. The summed E-state index contributed by atoms with van der Waals surface area (Å²) in [4.78, 5) is 30.2. The third-order valence-electron chi connectivity index (χ3n) is 13.0. The lowest BCUT2D eigenvalue weighted by molar-refractivity contribution is -0.643. The number of likely N-dealkylation sites (N-methyl/N-ethyl adjacent to an activating group) is 1. The SMILES string of the molecule is CCCN(CCC)CCNc1nc2cc(Cl)ccc2[n+]([O-])n1.CCN(C)CCNc1nc2cc(Cl)ccc2[n+]([O-])n1.Nc1nc2cc(Cl)ccc2[n+]([O-])n1.[O-][n+]1nc(Cl)nc2cc(Cl)ccc21.[O-][n+]1nc(NCCN2CCCCC2)nc2cc(Cl)ccc21. The van der Waals surface area contributed by atoms with Crippen LogP contribution in [0.15, 0.2) is 91.0 Å². The maximum absolute atomic E-state index is 11.9. The fourth-order valence-electron chi connectivity index (χ4n) is 8.66. The van der Waals surface area contributed by atoms with Crippen molar-refractivity contribution in [3.05, 3.63) is 147 Å². The number of hydrogen-bond donors (Lipinski definition) is 4. The number of hydrogen-bond acceptors (Lipinski definition) is 22. The van der Waals surface area contributed by atoms with Crippen LogP contribution in [0.3, 0.4) is 0 Å². The second-order valence-electron chi connectivity index (χ2n) is 19.6. The lowest BCUT2D eigenvalue weighted by atomic mass is 10.1. The second-order valence-corrected chi connectivity index (χ2v) is 22.1. The van der Waals surface area contributed by atoms with Crippen LogP contribution >= 0.6 is 69.6 Å². The highest BCUT2D eigenvalue weighted by atomic mass is 35.5. The molecule has 1 saturated heterocycles. The van der Waals surface area contributed by atoms with E-state index in [1.807, 2.05) is 7.05 Å². The Hall–Kier alpha value is -7.73. The van der Waals surface area contributed by atoms with Crippen molar-refractivity contribution in [2.45, 2.75) is 52.9 Å². The topological polar surface area (TPSA) is 335 Å². The molecule has 27 nitrogen and oxygen atoms in total. The molecule has 1 aliphatic rings. The van der Waals surface area contributed by atoms with Crippen LogP contribution in [0.2, 0.25) is 30.4 Å². The quantitative estimate of drug-likeness (QED) is 0.0503. The van der Waals surface area contributed by atoms with Crippen LogP contribution in [0, 0.1) is 26.0 Å². The van der Waals surface area contributed by atoms with E-state index in [1.165, 1.54) is 19.3 Å². The molecular formula is C55H64Cl6N22O5. The highest BCUT2D eigenvalue weighted by Gasteiger charge is 2.16. The van der Waals surface area contributed by atoms with Gasteiger partial charge in [-0.15, -0.1) is 0 Å². The zero-order valence-electron chi connectivity index (χ0n) is 48.4. The lowest BCUT2D eigenvalue weighted by Gasteiger charge is -2.26. The summed E-state index contributed by atoms with van der Waals surface area (Å²) < 4.78 is 0. The molecule has 0 unspecified atom stereocenters. The van der Waals surface area contributed by atoms with E-state index >= 15 is 0 Å². The Labute approximate surface area is 535 Å². The first-order valence-corrected chi connectivity index (χ1v) is 30.2. The number of fused-ring (bicyclic) bond motifs is 5. The van der Waals surface area contributed by atoms with Crippen LogP contribution < -0.4 is 45.9 Å². The van der Waals surface area contributed by atoms with E-state index in [2.05, 4.69) is 102 Å². The van der Waals surface area contributed by atoms with Gasteiger partial charge in [0, 0.05) is 99.8 Å². The molecule has 11 rings (SSSR count). The van der Waals surface area contributed by atoms with Crippen LogP contribution in [-0.4, -0.2) is 144 Å². The highest BCUT2D eigenvalue weighted by Crippen LogP contribution is 2.20. The first-order valence-electron chi connectivity index (χ1n) is 27.9. The summed E-state index contributed by atoms with van der Waals surface area (Å²) in [5.74, 6) is 0.925. The summed E-state index contributed by atoms with van der Waals surface area (Å²) in [5, 5.41) is 88.0. The van der Waals surface area contributed by atoms with Crippen LogP contribution in [0.25, 0.3) is 55.2 Å². The number of nitrogens with two attached hydrogens (primary N) is 1. The largest absolute Gasteiger partial charge is 0.594 e. The normalized spacial score (nSPS) is 12.2. The number of aromatic nitrogens is 15. The molecule has 0 atom stereocenters. The number of nitrogen functional groups attached to an aromatic ring is 1. The van der Waals surface area contributed by atoms with Gasteiger partial charge in [-0.2, -0.15) is 0 Å². The molecule has 1 fully saturated rings. The number of benzene rings is 5. The Morgan fingerprint density at radius 3 is 1.20 bits per heavy atom. The Bertz CT molecular complexity index is 3840. The number of likely N-dealkylation sites (tertiary alicyclic amines) is 1. The zero-order chi connectivity index (χ0) is 63.3. The molecule has 5 aromatic heterocycles. The maximum atomic E-state index is 11.9. The summed E-state index contributed by atoms with van der Waals surface area (Å²) >= 11 is 34.7. The summed E-state index contributed by atoms with van der Waals surface area (Å²) in [6, 6.07) is 24.2. The van der Waals surface area contributed by atoms with E-state index in [9.17, 15) is 26.0 Å². The van der Waals surface area contributed by atoms with E-state index in [-0.39, 0.29) is 11.2 Å². The van der Waals surface area contributed by atoms with Crippen LogP contribution in [0.1, 0.15) is 52.9 Å². The van der Waals surface area contributed by atoms with Gasteiger partial charge in [0.1, 0.15) is 27.6 Å². The summed E-state index contributed by atoms with van der Waals surface area (Å²) in [6.45, 7) is 16.6. The number of anilines is 4. The highest BCUT2D eigenvalue weighted by molar-refractivity contribution is 6.32. The Morgan fingerprint density at radius 2 is 0.807 bits per heavy atom. The van der Waals surface area contributed by atoms with Crippen molar-refractivity contribution in [2.75, 3.05) is 101 Å². The van der Waals surface area contributed by atoms with E-state index in [4.69, 9.17) is 75.3 Å². The first kappa shape index (κ1) is 67.8. The van der Waals surface area contributed by atoms with Gasteiger partial charge in [0.05, 0.1) is 20.4 Å². The Balaban J connectivity index is 0.000000159. The number of nitrogens with one attached hydrogen (secondary N) is 3. The zero-order valence-corrected chi connectivity index (χ0v) is 52.9. The van der Waals surface area contributed by atoms with Gasteiger partial charge < -0.3 is 62.4 Å². The molecule has 0 bridgehead atoms. The van der Waals surface area contributed by atoms with Gasteiger partial charge in [-0.1, -0.05) is 85.2 Å². The number of halogens is 6. The Kier molecular flexibility index (Phi) is 25.9. The minimum atomic E-state index is -0.0928. The molecule has 6 heterocycles. The Morgan fingerprint density at radius 1 is 0.455 bits per heavy atom. The van der Waals surface area contributed by atoms with Gasteiger partial charge in [0.25, 0.3) is 56.7 Å². The third-order valence-corrected chi connectivity index (χ3v) is 14.4. The van der Waals surface area contributed by atoms with E-state index in [0.29, 0.717) is 135 Å². The van der Waals surface area contributed by atoms with E-state index < -0.39 is 0 Å². The summed E-state index contributed by atoms with van der Waals surface area (Å²) in [6.07, 6.45) is 6.13. The predicted molar refractivity (Wildman–Crippen MR) is 343 cm³/mol. The molecule has 33 heteroatoms. The van der Waals surface area contributed by atoms with Gasteiger partial charge in [0.2, 0.25) is 0 Å². The number of nitrogens with zero attached hydrogens (tertiary/aromatic N) is 18. The van der Waals surface area contributed by atoms with Crippen molar-refractivity contribution >= 4 is 149 Å². The maximum Gasteiger partial charge on any atom is 0.290 e. The molecule has 5 aromatic carbocycles. The van der Waals surface area contributed by atoms with E-state index in [1.54, 1.807) is 91.0 Å². The summed E-state index contributed by atoms with van der Waals surface area (Å²) in [7, 11) is 2.02. The first-order chi connectivity index (χ1) is 42.3. The molecular weight excluding hydrogens is 1260 g/mol. The smallest absolute Gasteiger partial charge is 0.290 e. The van der Waals surface area contributed by atoms with Crippen molar-refractivity contribution < 1.29 is 24.2 Å². The molecule has 0 aliphatic carbocycles. The molecule has 0 spiro atoms. The summed E-state index contributed by atoms with van der Waals surface area (Å²) in [5.41, 5.74) is 9.70. The third kappa shape index (κ3) is 20.4. The molecule has 10 aromatic rings. The fourth-order valence-corrected chi connectivity index (χ4v) is 9.65. The van der Waals surface area contributed by atoms with Crippen molar-refractivity contribution in [2.24, 2.45) is 0 Å². The van der Waals surface area contributed by atoms with Crippen molar-refractivity contribution in [3.8, 4) is 0 Å². The van der Waals surface area contributed by atoms with Crippen molar-refractivity contribution in [1.29, 1.82) is 0 Å². The lowest BCUT2D eigenvalue weighted by Crippen LogP contribution is -2.36. The molecule has 0 amide bonds. The van der Waals surface area contributed by atoms with Gasteiger partial charge in [-0.05, 0) is 162 Å². The number of rotatable bonds is 17. The molecule has 88 heavy (non-hydrogen) atoms. The van der Waals surface area contributed by atoms with Crippen molar-refractivity contribution in [3.63, 3.8) is 0 Å². The molecule has 0 saturated carbocycles. The van der Waals surface area contributed by atoms with Crippen LogP contribution in [0.4, 0.5) is 23.8 Å². The molecule has 0 radical (unpaired) electrons. The van der Waals surface area contributed by atoms with Gasteiger partial charge in [-0.3, -0.25) is 0 Å². The van der Waals surface area contributed by atoms with Gasteiger partial charge >= 0.3 is 0 Å². The van der Waals surface area contributed by atoms with Gasteiger partial charge in [0.15, 0.2) is 0 Å². The molecule has 1 aliphatic heterocycles. The minimum absolute atomic E-state index is 0.0650. The average molecular weight is 1330 g/mol. The number of piperidine rings is 1. The monoisotopic (exact) mass is 1320 g/mol. The standard InChI is InChI=1S/C15H22ClN5O.C14H18ClN5O.C12H16ClN5O.C7H3Cl2N3O.C7H5ClN4O/c1-3-8-20(9-4-2)10-7-17-15-18-13-11-12(16)5-6-14(13)21(22)19-15;15-11-4-5-13-12(10-11)17-14(18-20(13)21)16-6-9-19-7-2-1-3-8-19;1-3-17(2)7-6-14-12-15-10-8-9(13)4-5-11(10)18(19)16-12;2*8-4-1-2-6-5(3-4)10-7(9)11-12(6)13/h5-6,11H,3-4,7-10H2,1-2H3,(H,17,18,19);4-5,10H,1-3,6-9H2,(H,16,17,18);4-5,8H,3,6-7H2,1-2H3,(H,14,15,16);1-3H;1-3H,(H2,9,10,11). The van der Waals surface area contributed by atoms with Crippen LogP contribution in [-0.2, 0) is 0 Å². The second kappa shape index (κ2) is 33.6. The van der Waals surface area contributed by atoms with Crippen molar-refractivity contribution in [1.82, 2.24) is 65.1 Å². The predicted octanol–water partition coefficient (Wildman–Crippen LogP) is 7.61. The minimum Gasteiger partial charge on any atom is -0.594 e.